The maximum atomic E-state index is 11.8. The lowest BCUT2D eigenvalue weighted by Crippen LogP contribution is -2.37. The normalized spacial score (nSPS) is 23.9. The number of amides is 2. The smallest absolute Gasteiger partial charge is 0.414 e. The number of hydrogen-bond donors (Lipinski definition) is 6. The van der Waals surface area contributed by atoms with Gasteiger partial charge in [-0.25, -0.2) is 28.8 Å². The number of carbonyl (C=O) groups is 6. The Morgan fingerprint density at radius 3 is 0.905 bits per heavy atom. The molecule has 16 nitrogen and oxygen atoms in total. The average molecular weight is 605 g/mol. The summed E-state index contributed by atoms with van der Waals surface area (Å²) >= 11 is 0. The molecular formula is C26H44N4O12. The molecule has 0 bridgehead atoms. The molecule has 0 aliphatic carbocycles. The summed E-state index contributed by atoms with van der Waals surface area (Å²) in [5.41, 5.74) is -0.764. The molecule has 2 amide bonds. The highest BCUT2D eigenvalue weighted by Crippen LogP contribution is 2.28. The van der Waals surface area contributed by atoms with E-state index in [-0.39, 0.29) is 23.4 Å². The minimum absolute atomic E-state index is 0.156. The first kappa shape index (κ1) is 36.4. The Morgan fingerprint density at radius 2 is 0.738 bits per heavy atom. The molecule has 4 saturated heterocycles. The Balaban J connectivity index is 0.000000307. The fourth-order valence-corrected chi connectivity index (χ4v) is 4.66. The van der Waals surface area contributed by atoms with Gasteiger partial charge in [0.05, 0.1) is 0 Å². The van der Waals surface area contributed by atoms with Crippen LogP contribution in [0.3, 0.4) is 0 Å². The number of fused-ring (bicyclic) bond motifs is 2. The van der Waals surface area contributed by atoms with Crippen LogP contribution >= 0.6 is 0 Å². The molecule has 240 valence electrons. The minimum atomic E-state index is -1.82. The highest BCUT2D eigenvalue weighted by molar-refractivity contribution is 6.27. The first-order chi connectivity index (χ1) is 19.2. The van der Waals surface area contributed by atoms with Crippen LogP contribution in [0.2, 0.25) is 0 Å². The van der Waals surface area contributed by atoms with E-state index in [1.54, 1.807) is 0 Å². The van der Waals surface area contributed by atoms with Crippen molar-refractivity contribution in [1.29, 1.82) is 0 Å². The number of ether oxygens (including phenoxy) is 2. The van der Waals surface area contributed by atoms with Crippen molar-refractivity contribution >= 4 is 36.1 Å². The third-order valence-corrected chi connectivity index (χ3v) is 6.45. The van der Waals surface area contributed by atoms with Crippen molar-refractivity contribution in [2.24, 2.45) is 23.7 Å². The number of carbonyl (C=O) groups excluding carboxylic acids is 2. The summed E-state index contributed by atoms with van der Waals surface area (Å²) in [4.78, 5) is 63.6. The topological polar surface area (TPSA) is 232 Å². The number of hydrogen-bond acceptors (Lipinski definition) is 10. The van der Waals surface area contributed by atoms with E-state index in [1.807, 2.05) is 51.3 Å². The monoisotopic (exact) mass is 604 g/mol. The Labute approximate surface area is 244 Å². The van der Waals surface area contributed by atoms with Gasteiger partial charge in [0.25, 0.3) is 0 Å². The van der Waals surface area contributed by atoms with Gasteiger partial charge in [-0.05, 0) is 65.2 Å². The van der Waals surface area contributed by atoms with E-state index in [0.717, 1.165) is 52.4 Å². The van der Waals surface area contributed by atoms with Crippen LogP contribution in [-0.2, 0) is 28.7 Å². The van der Waals surface area contributed by atoms with Gasteiger partial charge >= 0.3 is 36.1 Å². The van der Waals surface area contributed by atoms with Gasteiger partial charge in [-0.2, -0.15) is 0 Å². The van der Waals surface area contributed by atoms with Crippen molar-refractivity contribution in [3.63, 3.8) is 0 Å². The van der Waals surface area contributed by atoms with Crippen LogP contribution in [0.1, 0.15) is 41.5 Å². The number of nitrogens with zero attached hydrogens (tertiary/aromatic N) is 2. The van der Waals surface area contributed by atoms with Crippen molar-refractivity contribution < 1.29 is 58.7 Å². The highest BCUT2D eigenvalue weighted by atomic mass is 16.6. The lowest BCUT2D eigenvalue weighted by molar-refractivity contribution is -0.159. The molecule has 4 heterocycles. The first-order valence-electron chi connectivity index (χ1n) is 13.5. The second-order valence-corrected chi connectivity index (χ2v) is 12.3. The molecule has 0 aromatic carbocycles. The SMILES string of the molecule is CC(C)(C)OC(=O)N1C[C@@H]2CNC[C@H]2C1.CC(C)(C)OC(=O)N1C[C@@H]2CNC[C@H]2C1.O=C(O)C(=O)O.O=C(O)C(=O)O. The summed E-state index contributed by atoms with van der Waals surface area (Å²) in [5.74, 6) is -4.75. The summed E-state index contributed by atoms with van der Waals surface area (Å²) in [6, 6.07) is 0. The maximum absolute atomic E-state index is 11.8. The summed E-state index contributed by atoms with van der Waals surface area (Å²) in [6.45, 7) is 19.0. The molecule has 0 aromatic heterocycles. The highest BCUT2D eigenvalue weighted by Gasteiger charge is 2.40. The number of rotatable bonds is 0. The van der Waals surface area contributed by atoms with Gasteiger partial charge in [0.2, 0.25) is 0 Å². The van der Waals surface area contributed by atoms with Crippen LogP contribution in [0.4, 0.5) is 9.59 Å². The summed E-state index contributed by atoms with van der Waals surface area (Å²) in [7, 11) is 0. The fourth-order valence-electron chi connectivity index (χ4n) is 4.66. The van der Waals surface area contributed by atoms with Crippen LogP contribution in [0, 0.1) is 23.7 Å². The van der Waals surface area contributed by atoms with E-state index in [1.165, 1.54) is 0 Å². The van der Waals surface area contributed by atoms with E-state index >= 15 is 0 Å². The van der Waals surface area contributed by atoms with Gasteiger partial charge < -0.3 is 50.3 Å². The molecule has 0 aromatic rings. The Bertz CT molecular complexity index is 865. The Hall–Kier alpha value is -3.66. The molecular weight excluding hydrogens is 560 g/mol. The van der Waals surface area contributed by atoms with Crippen LogP contribution in [-0.4, -0.2) is 130 Å². The predicted molar refractivity (Wildman–Crippen MR) is 146 cm³/mol. The molecule has 0 saturated carbocycles. The van der Waals surface area contributed by atoms with Gasteiger partial charge in [-0.3, -0.25) is 0 Å². The first-order valence-corrected chi connectivity index (χ1v) is 13.5. The molecule has 0 unspecified atom stereocenters. The minimum Gasteiger partial charge on any atom is -0.473 e. The number of carboxylic acid groups (broad SMARTS) is 4. The van der Waals surface area contributed by atoms with E-state index in [9.17, 15) is 9.59 Å². The molecule has 4 fully saturated rings. The van der Waals surface area contributed by atoms with Crippen molar-refractivity contribution in [3.8, 4) is 0 Å². The second-order valence-electron chi connectivity index (χ2n) is 12.3. The van der Waals surface area contributed by atoms with Crippen molar-refractivity contribution in [2.45, 2.75) is 52.7 Å². The largest absolute Gasteiger partial charge is 0.473 e. The summed E-state index contributed by atoms with van der Waals surface area (Å²) in [6.07, 6.45) is -0.311. The Kier molecular flexibility index (Phi) is 13.5. The van der Waals surface area contributed by atoms with E-state index in [2.05, 4.69) is 10.6 Å². The number of aliphatic carboxylic acids is 4. The van der Waals surface area contributed by atoms with Gasteiger partial charge in [0.15, 0.2) is 0 Å². The van der Waals surface area contributed by atoms with Gasteiger partial charge in [-0.1, -0.05) is 0 Å². The molecule has 4 atom stereocenters. The number of nitrogens with one attached hydrogen (secondary N) is 2. The molecule has 0 spiro atoms. The van der Waals surface area contributed by atoms with E-state index in [4.69, 9.17) is 49.1 Å². The van der Waals surface area contributed by atoms with E-state index < -0.39 is 23.9 Å². The van der Waals surface area contributed by atoms with Crippen LogP contribution in [0.5, 0.6) is 0 Å². The van der Waals surface area contributed by atoms with E-state index in [0.29, 0.717) is 23.7 Å². The zero-order valence-corrected chi connectivity index (χ0v) is 24.9. The molecule has 16 heteroatoms. The lowest BCUT2D eigenvalue weighted by atomic mass is 10.0. The third-order valence-electron chi connectivity index (χ3n) is 6.45. The molecule has 6 N–H and O–H groups in total. The van der Waals surface area contributed by atoms with Crippen LogP contribution in [0.25, 0.3) is 0 Å². The van der Waals surface area contributed by atoms with Gasteiger partial charge in [0, 0.05) is 52.4 Å². The maximum Gasteiger partial charge on any atom is 0.414 e. The molecule has 4 rings (SSSR count). The summed E-state index contributed by atoms with van der Waals surface area (Å²) in [5, 5.41) is 36.3. The van der Waals surface area contributed by atoms with Crippen LogP contribution in [0.15, 0.2) is 0 Å². The van der Waals surface area contributed by atoms with Crippen molar-refractivity contribution in [2.75, 3.05) is 52.4 Å². The standard InChI is InChI=1S/2C11H20N2O2.2C2H2O4/c2*1-11(2,3)15-10(14)13-6-8-4-12-5-9(8)7-13;2*3-1(4)2(5)6/h2*8-9,12H,4-7H2,1-3H3;2*(H,3,4)(H,5,6)/t2*8-,9-;;/m00../s1. The zero-order valence-electron chi connectivity index (χ0n) is 24.9. The number of carboxylic acids is 4. The van der Waals surface area contributed by atoms with Crippen molar-refractivity contribution in [1.82, 2.24) is 20.4 Å². The molecule has 42 heavy (non-hydrogen) atoms. The Morgan fingerprint density at radius 1 is 0.524 bits per heavy atom. The number of likely N-dealkylation sites (tertiary alicyclic amines) is 2. The fraction of sp³-hybridized carbons (Fsp3) is 0.769. The quantitative estimate of drug-likeness (QED) is 0.206. The molecule has 0 radical (unpaired) electrons. The summed E-state index contributed by atoms with van der Waals surface area (Å²) < 4.78 is 10.7. The van der Waals surface area contributed by atoms with Crippen LogP contribution < -0.4 is 10.6 Å². The van der Waals surface area contributed by atoms with Crippen molar-refractivity contribution in [3.05, 3.63) is 0 Å². The molecule has 4 aliphatic heterocycles. The van der Waals surface area contributed by atoms with Gasteiger partial charge in [0.1, 0.15) is 11.2 Å². The third kappa shape index (κ3) is 13.3. The van der Waals surface area contributed by atoms with Gasteiger partial charge in [-0.15, -0.1) is 0 Å². The predicted octanol–water partition coefficient (Wildman–Crippen LogP) is 0.457. The lowest BCUT2D eigenvalue weighted by Gasteiger charge is -2.24. The second kappa shape index (κ2) is 15.5. The zero-order chi connectivity index (χ0) is 32.4. The average Bonchev–Trinajstić information content (AvgIpc) is 3.58. The molecule has 4 aliphatic rings.